The van der Waals surface area contributed by atoms with Crippen LogP contribution in [-0.2, 0) is 4.79 Å². The predicted molar refractivity (Wildman–Crippen MR) is 67.8 cm³/mol. The van der Waals surface area contributed by atoms with Crippen molar-refractivity contribution in [3.63, 3.8) is 0 Å². The van der Waals surface area contributed by atoms with Crippen molar-refractivity contribution in [2.24, 2.45) is 5.73 Å². The van der Waals surface area contributed by atoms with E-state index >= 15 is 0 Å². The Hall–Kier alpha value is -2.03. The fourth-order valence-corrected chi connectivity index (χ4v) is 2.73. The van der Waals surface area contributed by atoms with Crippen LogP contribution in [0, 0.1) is 0 Å². The summed E-state index contributed by atoms with van der Waals surface area (Å²) >= 11 is 0. The van der Waals surface area contributed by atoms with Crippen molar-refractivity contribution in [3.05, 3.63) is 54.1 Å². The van der Waals surface area contributed by atoms with Crippen molar-refractivity contribution < 1.29 is 4.79 Å². The number of para-hydroxylation sites is 1. The van der Waals surface area contributed by atoms with E-state index in [2.05, 4.69) is 35.3 Å². The normalized spacial score (nSPS) is 24.6. The summed E-state index contributed by atoms with van der Waals surface area (Å²) in [7, 11) is 0. The molecule has 1 aliphatic heterocycles. The van der Waals surface area contributed by atoms with Gasteiger partial charge in [0.2, 0.25) is 5.91 Å². The van der Waals surface area contributed by atoms with Crippen molar-refractivity contribution in [1.29, 1.82) is 0 Å². The van der Waals surface area contributed by atoms with Crippen molar-refractivity contribution in [2.75, 3.05) is 11.4 Å². The highest BCUT2D eigenvalue weighted by Gasteiger charge is 2.36. The lowest BCUT2D eigenvalue weighted by atomic mass is 9.91. The Morgan fingerprint density at radius 3 is 2.82 bits per heavy atom. The standard InChI is InChI=1S/C14H14N2O/c15-14(17)9-16-12-7-3-1-5-10(12)11-6-2-4-8-13(11)16/h1-8,10,12H,9H2,(H2,15,17). The monoisotopic (exact) mass is 226 g/mol. The molecule has 17 heavy (non-hydrogen) atoms. The highest BCUT2D eigenvalue weighted by atomic mass is 16.1. The second-order valence-electron chi connectivity index (χ2n) is 4.44. The van der Waals surface area contributed by atoms with Crippen molar-refractivity contribution >= 4 is 11.6 Å². The molecular formula is C14H14N2O. The minimum absolute atomic E-state index is 0.227. The van der Waals surface area contributed by atoms with Crippen LogP contribution in [0.25, 0.3) is 0 Å². The first kappa shape index (κ1) is 10.1. The zero-order chi connectivity index (χ0) is 11.8. The van der Waals surface area contributed by atoms with Gasteiger partial charge in [0, 0.05) is 11.6 Å². The number of hydrogen-bond donors (Lipinski definition) is 1. The Morgan fingerprint density at radius 2 is 2.00 bits per heavy atom. The molecular weight excluding hydrogens is 212 g/mol. The number of carbonyl (C=O) groups excluding carboxylic acids is 1. The van der Waals surface area contributed by atoms with Crippen LogP contribution in [0.3, 0.4) is 0 Å². The van der Waals surface area contributed by atoms with Gasteiger partial charge in [0.1, 0.15) is 0 Å². The first-order chi connectivity index (χ1) is 8.27. The summed E-state index contributed by atoms with van der Waals surface area (Å²) in [5, 5.41) is 0. The number of carbonyl (C=O) groups is 1. The molecule has 0 saturated heterocycles. The quantitative estimate of drug-likeness (QED) is 0.832. The van der Waals surface area contributed by atoms with E-state index in [1.54, 1.807) is 0 Å². The number of hydrogen-bond acceptors (Lipinski definition) is 2. The van der Waals surface area contributed by atoms with Crippen LogP contribution in [-0.4, -0.2) is 18.5 Å². The molecule has 1 amide bonds. The molecule has 86 valence electrons. The molecule has 2 unspecified atom stereocenters. The van der Waals surface area contributed by atoms with Crippen LogP contribution in [0.2, 0.25) is 0 Å². The Balaban J connectivity index is 2.06. The average molecular weight is 226 g/mol. The summed E-state index contributed by atoms with van der Waals surface area (Å²) < 4.78 is 0. The van der Waals surface area contributed by atoms with Gasteiger partial charge in [-0.3, -0.25) is 4.79 Å². The SMILES string of the molecule is NC(=O)CN1c2ccccc2C2C=CC=CC21. The Morgan fingerprint density at radius 1 is 1.24 bits per heavy atom. The van der Waals surface area contributed by atoms with Crippen molar-refractivity contribution in [2.45, 2.75) is 12.0 Å². The van der Waals surface area contributed by atoms with Crippen LogP contribution in [0.1, 0.15) is 11.5 Å². The topological polar surface area (TPSA) is 46.3 Å². The molecule has 3 nitrogen and oxygen atoms in total. The van der Waals surface area contributed by atoms with E-state index in [-0.39, 0.29) is 18.5 Å². The maximum absolute atomic E-state index is 11.2. The first-order valence-electron chi connectivity index (χ1n) is 5.76. The fourth-order valence-electron chi connectivity index (χ4n) is 2.73. The zero-order valence-corrected chi connectivity index (χ0v) is 9.41. The summed E-state index contributed by atoms with van der Waals surface area (Å²) in [6, 6.07) is 8.44. The molecule has 0 saturated carbocycles. The number of benzene rings is 1. The molecule has 1 aliphatic carbocycles. The molecule has 1 aromatic rings. The predicted octanol–water partition coefficient (Wildman–Crippen LogP) is 1.57. The molecule has 0 radical (unpaired) electrons. The number of fused-ring (bicyclic) bond motifs is 3. The maximum atomic E-state index is 11.2. The second kappa shape index (κ2) is 3.77. The Kier molecular flexibility index (Phi) is 2.25. The van der Waals surface area contributed by atoms with E-state index in [1.807, 2.05) is 18.2 Å². The molecule has 0 bridgehead atoms. The first-order valence-corrected chi connectivity index (χ1v) is 5.76. The molecule has 2 aliphatic rings. The molecule has 0 fully saturated rings. The van der Waals surface area contributed by atoms with Crippen LogP contribution >= 0.6 is 0 Å². The lowest BCUT2D eigenvalue weighted by Crippen LogP contribution is -2.39. The summed E-state index contributed by atoms with van der Waals surface area (Å²) in [6.07, 6.45) is 8.41. The number of rotatable bonds is 2. The number of primary amides is 1. The largest absolute Gasteiger partial charge is 0.368 e. The van der Waals surface area contributed by atoms with Gasteiger partial charge in [0.15, 0.2) is 0 Å². The van der Waals surface area contributed by atoms with Gasteiger partial charge >= 0.3 is 0 Å². The van der Waals surface area contributed by atoms with Crippen LogP contribution in [0.15, 0.2) is 48.6 Å². The molecule has 2 N–H and O–H groups in total. The van der Waals surface area contributed by atoms with Crippen molar-refractivity contribution in [1.82, 2.24) is 0 Å². The molecule has 0 aromatic heterocycles. The number of anilines is 1. The van der Waals surface area contributed by atoms with E-state index < -0.39 is 0 Å². The van der Waals surface area contributed by atoms with Gasteiger partial charge in [-0.25, -0.2) is 0 Å². The number of allylic oxidation sites excluding steroid dienone is 2. The summed E-state index contributed by atoms with van der Waals surface area (Å²) in [4.78, 5) is 13.3. The Labute approximate surface area is 100 Å². The molecule has 3 heteroatoms. The van der Waals surface area contributed by atoms with E-state index in [4.69, 9.17) is 5.73 Å². The molecule has 1 heterocycles. The number of nitrogens with two attached hydrogens (primary N) is 1. The van der Waals surface area contributed by atoms with E-state index in [0.29, 0.717) is 5.92 Å². The smallest absolute Gasteiger partial charge is 0.236 e. The third kappa shape index (κ3) is 1.55. The van der Waals surface area contributed by atoms with Gasteiger partial charge in [-0.05, 0) is 11.6 Å². The third-order valence-electron chi connectivity index (χ3n) is 3.40. The van der Waals surface area contributed by atoms with E-state index in [1.165, 1.54) is 5.56 Å². The zero-order valence-electron chi connectivity index (χ0n) is 9.41. The minimum Gasteiger partial charge on any atom is -0.368 e. The third-order valence-corrected chi connectivity index (χ3v) is 3.40. The van der Waals surface area contributed by atoms with Crippen molar-refractivity contribution in [3.8, 4) is 0 Å². The summed E-state index contributed by atoms with van der Waals surface area (Å²) in [6.45, 7) is 0.274. The van der Waals surface area contributed by atoms with Crippen LogP contribution < -0.4 is 10.6 Å². The van der Waals surface area contributed by atoms with Gasteiger partial charge in [-0.2, -0.15) is 0 Å². The minimum atomic E-state index is -0.289. The fraction of sp³-hybridized carbons (Fsp3) is 0.214. The lowest BCUT2D eigenvalue weighted by Gasteiger charge is -2.27. The molecule has 2 atom stereocenters. The van der Waals surface area contributed by atoms with Crippen LogP contribution in [0.5, 0.6) is 0 Å². The van der Waals surface area contributed by atoms with E-state index in [9.17, 15) is 4.79 Å². The highest BCUT2D eigenvalue weighted by molar-refractivity contribution is 5.82. The van der Waals surface area contributed by atoms with Gasteiger partial charge in [0.05, 0.1) is 12.6 Å². The average Bonchev–Trinajstić information content (AvgIpc) is 2.65. The molecule has 0 spiro atoms. The second-order valence-corrected chi connectivity index (χ2v) is 4.44. The molecule has 1 aromatic carbocycles. The summed E-state index contributed by atoms with van der Waals surface area (Å²) in [5.74, 6) is 0.0546. The van der Waals surface area contributed by atoms with E-state index in [0.717, 1.165) is 5.69 Å². The Bertz CT molecular complexity index is 519. The lowest BCUT2D eigenvalue weighted by molar-refractivity contribution is -0.116. The maximum Gasteiger partial charge on any atom is 0.236 e. The highest BCUT2D eigenvalue weighted by Crippen LogP contribution is 2.43. The van der Waals surface area contributed by atoms with Gasteiger partial charge in [-0.1, -0.05) is 42.5 Å². The molecule has 3 rings (SSSR count). The summed E-state index contributed by atoms with van der Waals surface area (Å²) in [5.41, 5.74) is 7.73. The van der Waals surface area contributed by atoms with Gasteiger partial charge in [-0.15, -0.1) is 0 Å². The van der Waals surface area contributed by atoms with Gasteiger partial charge < -0.3 is 10.6 Å². The van der Waals surface area contributed by atoms with Gasteiger partial charge in [0.25, 0.3) is 0 Å². The van der Waals surface area contributed by atoms with Crippen LogP contribution in [0.4, 0.5) is 5.69 Å². The number of nitrogens with zero attached hydrogens (tertiary/aromatic N) is 1. The number of amides is 1.